The Morgan fingerprint density at radius 2 is 1.79 bits per heavy atom. The van der Waals surface area contributed by atoms with Crippen molar-refractivity contribution >= 4 is 35.3 Å². The number of halogens is 3. The summed E-state index contributed by atoms with van der Waals surface area (Å²) in [7, 11) is 1.44. The second-order valence-corrected chi connectivity index (χ2v) is 6.98. The van der Waals surface area contributed by atoms with Crippen LogP contribution in [-0.4, -0.2) is 25.1 Å². The third-order valence-electron chi connectivity index (χ3n) is 4.29. The predicted octanol–water partition coefficient (Wildman–Crippen LogP) is 4.29. The lowest BCUT2D eigenvalue weighted by Crippen LogP contribution is -2.32. The van der Waals surface area contributed by atoms with Gasteiger partial charge in [-0.3, -0.25) is 9.59 Å². The van der Waals surface area contributed by atoms with E-state index in [1.165, 1.54) is 31.5 Å². The zero-order valence-electron chi connectivity index (χ0n) is 17.3. The Kier molecular flexibility index (Phi) is 7.93. The fourth-order valence-electron chi connectivity index (χ4n) is 2.63. The molecule has 0 atom stereocenters. The van der Waals surface area contributed by atoms with E-state index in [1.807, 2.05) is 0 Å². The number of anilines is 1. The van der Waals surface area contributed by atoms with Crippen molar-refractivity contribution in [2.75, 3.05) is 12.4 Å². The van der Waals surface area contributed by atoms with E-state index in [9.17, 15) is 18.4 Å². The highest BCUT2D eigenvalue weighted by molar-refractivity contribution is 6.39. The number of hydrazone groups is 1. The van der Waals surface area contributed by atoms with Gasteiger partial charge in [0, 0.05) is 11.3 Å². The molecule has 0 aliphatic carbocycles. The Balaban J connectivity index is 1.57. The zero-order valence-corrected chi connectivity index (χ0v) is 18.0. The zero-order chi connectivity index (χ0) is 23.8. The van der Waals surface area contributed by atoms with E-state index in [-0.39, 0.29) is 23.1 Å². The average Bonchev–Trinajstić information content (AvgIpc) is 2.81. The molecule has 170 valence electrons. The molecule has 0 saturated heterocycles. The number of nitrogens with zero attached hydrogens (tertiary/aromatic N) is 1. The minimum atomic E-state index is -1.04. The van der Waals surface area contributed by atoms with Crippen LogP contribution in [0, 0.1) is 11.6 Å². The summed E-state index contributed by atoms with van der Waals surface area (Å²) in [5.41, 5.74) is 3.17. The molecule has 0 radical (unpaired) electrons. The molecule has 7 nitrogen and oxygen atoms in total. The number of carbonyl (C=O) groups is 2. The number of carbonyl (C=O) groups excluding carboxylic acids is 2. The molecule has 0 aromatic heterocycles. The minimum absolute atomic E-state index is 0.0148. The summed E-state index contributed by atoms with van der Waals surface area (Å²) >= 11 is 5.64. The summed E-state index contributed by atoms with van der Waals surface area (Å²) in [5.74, 6) is -2.31. The van der Waals surface area contributed by atoms with Crippen LogP contribution in [0.4, 0.5) is 14.5 Å². The molecular formula is C23H18ClF2N3O4. The van der Waals surface area contributed by atoms with E-state index in [1.54, 1.807) is 36.4 Å². The lowest BCUT2D eigenvalue weighted by atomic mass is 10.2. The molecule has 2 amide bonds. The lowest BCUT2D eigenvalue weighted by Gasteiger charge is -2.11. The standard InChI is InChI=1S/C23H18ClF2N3O4/c1-32-21-10-14(6-9-20(21)33-13-15-4-2-3-5-18(15)25)12-27-29-23(31)22(30)28-16-7-8-19(26)17(24)11-16/h2-12H,13H2,1H3,(H,28,30)(H,29,31). The monoisotopic (exact) mass is 473 g/mol. The summed E-state index contributed by atoms with van der Waals surface area (Å²) < 4.78 is 37.8. The molecule has 0 heterocycles. The summed E-state index contributed by atoms with van der Waals surface area (Å²) in [6.45, 7) is 0.0148. The van der Waals surface area contributed by atoms with Gasteiger partial charge in [0.15, 0.2) is 11.5 Å². The van der Waals surface area contributed by atoms with Crippen LogP contribution in [0.25, 0.3) is 0 Å². The Labute approximate surface area is 193 Å². The van der Waals surface area contributed by atoms with E-state index < -0.39 is 17.6 Å². The highest BCUT2D eigenvalue weighted by Gasteiger charge is 2.14. The van der Waals surface area contributed by atoms with E-state index in [0.717, 1.165) is 6.07 Å². The molecular weight excluding hydrogens is 456 g/mol. The molecule has 0 aliphatic heterocycles. The van der Waals surface area contributed by atoms with Gasteiger partial charge in [0.1, 0.15) is 18.2 Å². The predicted molar refractivity (Wildman–Crippen MR) is 120 cm³/mol. The second kappa shape index (κ2) is 11.1. The van der Waals surface area contributed by atoms with Crippen molar-refractivity contribution < 1.29 is 27.8 Å². The summed E-state index contributed by atoms with van der Waals surface area (Å²) in [6, 6.07) is 14.6. The van der Waals surface area contributed by atoms with Gasteiger partial charge >= 0.3 is 11.8 Å². The first-order valence-corrected chi connectivity index (χ1v) is 9.89. The number of hydrogen-bond acceptors (Lipinski definition) is 5. The van der Waals surface area contributed by atoms with Gasteiger partial charge < -0.3 is 14.8 Å². The lowest BCUT2D eigenvalue weighted by molar-refractivity contribution is -0.136. The molecule has 3 aromatic rings. The van der Waals surface area contributed by atoms with Crippen molar-refractivity contribution in [3.05, 3.63) is 88.4 Å². The molecule has 33 heavy (non-hydrogen) atoms. The Bertz CT molecular complexity index is 1200. The molecule has 10 heteroatoms. The SMILES string of the molecule is COc1cc(C=NNC(=O)C(=O)Nc2ccc(F)c(Cl)c2)ccc1OCc1ccccc1F. The van der Waals surface area contributed by atoms with Crippen LogP contribution in [0.15, 0.2) is 65.8 Å². The molecule has 0 bridgehead atoms. The van der Waals surface area contributed by atoms with E-state index >= 15 is 0 Å². The van der Waals surface area contributed by atoms with Gasteiger partial charge in [0.25, 0.3) is 0 Å². The highest BCUT2D eigenvalue weighted by atomic mass is 35.5. The number of amides is 2. The number of hydrogen-bond donors (Lipinski definition) is 2. The van der Waals surface area contributed by atoms with Crippen molar-refractivity contribution in [2.45, 2.75) is 6.61 Å². The molecule has 3 aromatic carbocycles. The molecule has 0 aliphatic rings. The smallest absolute Gasteiger partial charge is 0.329 e. The van der Waals surface area contributed by atoms with Crippen LogP contribution in [-0.2, 0) is 16.2 Å². The van der Waals surface area contributed by atoms with Crippen LogP contribution in [0.3, 0.4) is 0 Å². The van der Waals surface area contributed by atoms with Crippen LogP contribution in [0.2, 0.25) is 5.02 Å². The Hall–Kier alpha value is -3.98. The first-order valence-electron chi connectivity index (χ1n) is 9.51. The first-order chi connectivity index (χ1) is 15.9. The van der Waals surface area contributed by atoms with Gasteiger partial charge in [-0.25, -0.2) is 14.2 Å². The first kappa shape index (κ1) is 23.7. The van der Waals surface area contributed by atoms with E-state index in [2.05, 4.69) is 15.8 Å². The molecule has 2 N–H and O–H groups in total. The van der Waals surface area contributed by atoms with Crippen molar-refractivity contribution in [2.24, 2.45) is 5.10 Å². The molecule has 0 saturated carbocycles. The molecule has 0 fully saturated rings. The Morgan fingerprint density at radius 1 is 1.00 bits per heavy atom. The normalized spacial score (nSPS) is 10.7. The van der Waals surface area contributed by atoms with Crippen molar-refractivity contribution in [3.8, 4) is 11.5 Å². The quantitative estimate of drug-likeness (QED) is 0.304. The molecule has 0 unspecified atom stereocenters. The number of rotatable bonds is 7. The van der Waals surface area contributed by atoms with Crippen molar-refractivity contribution in [1.29, 1.82) is 0 Å². The van der Waals surface area contributed by atoms with Crippen LogP contribution >= 0.6 is 11.6 Å². The van der Waals surface area contributed by atoms with Gasteiger partial charge in [0.05, 0.1) is 18.3 Å². The number of methoxy groups -OCH3 is 1. The van der Waals surface area contributed by atoms with E-state index in [0.29, 0.717) is 22.6 Å². The maximum atomic E-state index is 13.7. The number of nitrogens with one attached hydrogen (secondary N) is 2. The maximum absolute atomic E-state index is 13.7. The van der Waals surface area contributed by atoms with Gasteiger partial charge in [-0.2, -0.15) is 5.10 Å². The average molecular weight is 474 g/mol. The van der Waals surface area contributed by atoms with Crippen LogP contribution in [0.1, 0.15) is 11.1 Å². The fraction of sp³-hybridized carbons (Fsp3) is 0.0870. The van der Waals surface area contributed by atoms with Crippen molar-refractivity contribution in [1.82, 2.24) is 5.43 Å². The number of ether oxygens (including phenoxy) is 2. The highest BCUT2D eigenvalue weighted by Crippen LogP contribution is 2.28. The topological polar surface area (TPSA) is 89.0 Å². The van der Waals surface area contributed by atoms with Gasteiger partial charge in [0.2, 0.25) is 0 Å². The largest absolute Gasteiger partial charge is 0.493 e. The van der Waals surface area contributed by atoms with Crippen LogP contribution in [0.5, 0.6) is 11.5 Å². The van der Waals surface area contributed by atoms with Gasteiger partial charge in [-0.15, -0.1) is 0 Å². The number of benzene rings is 3. The Morgan fingerprint density at radius 3 is 2.52 bits per heavy atom. The minimum Gasteiger partial charge on any atom is -0.493 e. The van der Waals surface area contributed by atoms with Crippen molar-refractivity contribution in [3.63, 3.8) is 0 Å². The van der Waals surface area contributed by atoms with Gasteiger partial charge in [-0.1, -0.05) is 29.8 Å². The maximum Gasteiger partial charge on any atom is 0.329 e. The van der Waals surface area contributed by atoms with E-state index in [4.69, 9.17) is 21.1 Å². The third-order valence-corrected chi connectivity index (χ3v) is 4.58. The second-order valence-electron chi connectivity index (χ2n) is 6.57. The summed E-state index contributed by atoms with van der Waals surface area (Å²) in [4.78, 5) is 23.8. The van der Waals surface area contributed by atoms with Crippen LogP contribution < -0.4 is 20.2 Å². The van der Waals surface area contributed by atoms with Gasteiger partial charge in [-0.05, 0) is 48.0 Å². The summed E-state index contributed by atoms with van der Waals surface area (Å²) in [5, 5.41) is 5.81. The molecule has 0 spiro atoms. The fourth-order valence-corrected chi connectivity index (χ4v) is 2.81. The molecule has 3 rings (SSSR count). The summed E-state index contributed by atoms with van der Waals surface area (Å²) in [6.07, 6.45) is 1.29. The third kappa shape index (κ3) is 6.50.